The van der Waals surface area contributed by atoms with Gasteiger partial charge in [-0.2, -0.15) is 0 Å². The lowest BCUT2D eigenvalue weighted by molar-refractivity contribution is -0.140. The zero-order chi connectivity index (χ0) is 21.8. The van der Waals surface area contributed by atoms with Crippen molar-refractivity contribution in [2.75, 3.05) is 29.5 Å². The third kappa shape index (κ3) is 3.76. The summed E-state index contributed by atoms with van der Waals surface area (Å²) in [6.07, 6.45) is 0. The standard InChI is InChI=1S/C22H23N3O5/c1-4-23(16-11-7-6-10-15(16)3)19(26)14-24-20(27)21(28)25(22(24)29)17-12-8-9-13-18(17)30-5-2/h6-13H,4-5,14H2,1-3H3. The third-order valence-electron chi connectivity index (χ3n) is 4.78. The second-order valence-electron chi connectivity index (χ2n) is 6.64. The van der Waals surface area contributed by atoms with Gasteiger partial charge in [0.05, 0.1) is 12.3 Å². The van der Waals surface area contributed by atoms with Crippen LogP contribution in [0, 0.1) is 6.92 Å². The Morgan fingerprint density at radius 3 is 2.30 bits per heavy atom. The number of para-hydroxylation sites is 3. The first-order valence-electron chi connectivity index (χ1n) is 9.68. The maximum absolute atomic E-state index is 12.9. The highest BCUT2D eigenvalue weighted by Crippen LogP contribution is 2.32. The fourth-order valence-electron chi connectivity index (χ4n) is 3.34. The number of imide groups is 2. The lowest BCUT2D eigenvalue weighted by Crippen LogP contribution is -2.43. The van der Waals surface area contributed by atoms with Crippen molar-refractivity contribution >= 4 is 35.1 Å². The number of rotatable bonds is 7. The van der Waals surface area contributed by atoms with Gasteiger partial charge in [0.1, 0.15) is 12.3 Å². The minimum absolute atomic E-state index is 0.170. The summed E-state index contributed by atoms with van der Waals surface area (Å²) in [5.41, 5.74) is 1.74. The normalized spacial score (nSPS) is 13.8. The fraction of sp³-hybridized carbons (Fsp3) is 0.273. The van der Waals surface area contributed by atoms with E-state index in [2.05, 4.69) is 0 Å². The third-order valence-corrected chi connectivity index (χ3v) is 4.78. The van der Waals surface area contributed by atoms with Crippen LogP contribution < -0.4 is 14.5 Å². The Morgan fingerprint density at radius 2 is 1.63 bits per heavy atom. The summed E-state index contributed by atoms with van der Waals surface area (Å²) >= 11 is 0. The molecule has 8 nitrogen and oxygen atoms in total. The Bertz CT molecular complexity index is 1000. The van der Waals surface area contributed by atoms with Crippen molar-refractivity contribution in [1.82, 2.24) is 4.90 Å². The summed E-state index contributed by atoms with van der Waals surface area (Å²) in [7, 11) is 0. The number of urea groups is 1. The van der Waals surface area contributed by atoms with Gasteiger partial charge in [-0.05, 0) is 44.5 Å². The number of nitrogens with zero attached hydrogens (tertiary/aromatic N) is 3. The number of aryl methyl sites for hydroxylation is 1. The van der Waals surface area contributed by atoms with Crippen molar-refractivity contribution in [3.8, 4) is 5.75 Å². The molecule has 0 N–H and O–H groups in total. The monoisotopic (exact) mass is 409 g/mol. The zero-order valence-corrected chi connectivity index (χ0v) is 17.1. The first-order valence-corrected chi connectivity index (χ1v) is 9.68. The summed E-state index contributed by atoms with van der Waals surface area (Å²) in [5, 5.41) is 0. The quantitative estimate of drug-likeness (QED) is 0.518. The van der Waals surface area contributed by atoms with Gasteiger partial charge < -0.3 is 9.64 Å². The molecule has 8 heteroatoms. The Hall–Kier alpha value is -3.68. The molecular weight excluding hydrogens is 386 g/mol. The molecule has 1 aliphatic heterocycles. The van der Waals surface area contributed by atoms with Crippen molar-refractivity contribution in [3.05, 3.63) is 54.1 Å². The van der Waals surface area contributed by atoms with Gasteiger partial charge in [0.25, 0.3) is 0 Å². The number of carbonyl (C=O) groups excluding carboxylic acids is 4. The topological polar surface area (TPSA) is 87.2 Å². The number of likely N-dealkylation sites (N-methyl/N-ethyl adjacent to an activating group) is 1. The molecule has 0 aromatic heterocycles. The van der Waals surface area contributed by atoms with Gasteiger partial charge in [-0.15, -0.1) is 0 Å². The van der Waals surface area contributed by atoms with E-state index < -0.39 is 30.3 Å². The first-order chi connectivity index (χ1) is 14.4. The summed E-state index contributed by atoms with van der Waals surface area (Å²) < 4.78 is 5.47. The molecule has 1 heterocycles. The van der Waals surface area contributed by atoms with E-state index >= 15 is 0 Å². The molecule has 156 valence electrons. The van der Waals surface area contributed by atoms with Gasteiger partial charge in [-0.25, -0.2) is 14.6 Å². The van der Waals surface area contributed by atoms with E-state index in [9.17, 15) is 19.2 Å². The number of carbonyl (C=O) groups is 4. The first kappa shape index (κ1) is 21.0. The molecule has 0 unspecified atom stereocenters. The number of hydrogen-bond donors (Lipinski definition) is 0. The predicted molar refractivity (Wildman–Crippen MR) is 111 cm³/mol. The number of ether oxygens (including phenoxy) is 1. The van der Waals surface area contributed by atoms with Gasteiger partial charge in [-0.1, -0.05) is 30.3 Å². The molecule has 0 radical (unpaired) electrons. The molecule has 1 fully saturated rings. The fourth-order valence-corrected chi connectivity index (χ4v) is 3.34. The lowest BCUT2D eigenvalue weighted by atomic mass is 10.2. The van der Waals surface area contributed by atoms with Crippen LogP contribution in [0.3, 0.4) is 0 Å². The molecule has 1 aliphatic rings. The van der Waals surface area contributed by atoms with Crippen molar-refractivity contribution < 1.29 is 23.9 Å². The van der Waals surface area contributed by atoms with Crippen LogP contribution in [-0.2, 0) is 14.4 Å². The number of anilines is 2. The van der Waals surface area contributed by atoms with Crippen LogP contribution in [0.1, 0.15) is 19.4 Å². The maximum atomic E-state index is 12.9. The minimum Gasteiger partial charge on any atom is -0.492 e. The van der Waals surface area contributed by atoms with Crippen LogP contribution in [0.25, 0.3) is 0 Å². The maximum Gasteiger partial charge on any atom is 0.339 e. The molecule has 0 saturated carbocycles. The van der Waals surface area contributed by atoms with Crippen molar-refractivity contribution in [2.45, 2.75) is 20.8 Å². The van der Waals surface area contributed by atoms with Crippen molar-refractivity contribution in [2.24, 2.45) is 0 Å². The van der Waals surface area contributed by atoms with Crippen LogP contribution >= 0.6 is 0 Å². The smallest absolute Gasteiger partial charge is 0.339 e. The average Bonchev–Trinajstić information content (AvgIpc) is 2.94. The molecule has 0 atom stereocenters. The lowest BCUT2D eigenvalue weighted by Gasteiger charge is -2.25. The van der Waals surface area contributed by atoms with Gasteiger partial charge in [0.2, 0.25) is 5.91 Å². The highest BCUT2D eigenvalue weighted by atomic mass is 16.5. The van der Waals surface area contributed by atoms with Crippen molar-refractivity contribution in [3.63, 3.8) is 0 Å². The van der Waals surface area contributed by atoms with Gasteiger partial charge >= 0.3 is 17.8 Å². The van der Waals surface area contributed by atoms with E-state index in [1.165, 1.54) is 11.0 Å². The Balaban J connectivity index is 1.87. The van der Waals surface area contributed by atoms with E-state index in [1.54, 1.807) is 44.2 Å². The zero-order valence-electron chi connectivity index (χ0n) is 17.1. The van der Waals surface area contributed by atoms with E-state index in [0.717, 1.165) is 10.5 Å². The van der Waals surface area contributed by atoms with E-state index in [0.29, 0.717) is 29.5 Å². The summed E-state index contributed by atoms with van der Waals surface area (Å²) in [6.45, 7) is 5.58. The highest BCUT2D eigenvalue weighted by Gasteiger charge is 2.47. The van der Waals surface area contributed by atoms with Gasteiger partial charge in [-0.3, -0.25) is 14.4 Å². The molecule has 2 aromatic rings. The van der Waals surface area contributed by atoms with Crippen LogP contribution in [0.15, 0.2) is 48.5 Å². The molecule has 0 bridgehead atoms. The average molecular weight is 409 g/mol. The SMILES string of the molecule is CCOc1ccccc1N1C(=O)C(=O)N(CC(=O)N(CC)c2ccccc2C)C1=O. The van der Waals surface area contributed by atoms with E-state index in [-0.39, 0.29) is 5.69 Å². The highest BCUT2D eigenvalue weighted by molar-refractivity contribution is 6.53. The second kappa shape index (κ2) is 8.77. The summed E-state index contributed by atoms with van der Waals surface area (Å²) in [6, 6.07) is 12.9. The molecule has 1 saturated heterocycles. The number of benzene rings is 2. The van der Waals surface area contributed by atoms with Gasteiger partial charge in [0, 0.05) is 12.2 Å². The number of hydrogen-bond acceptors (Lipinski definition) is 5. The van der Waals surface area contributed by atoms with Crippen molar-refractivity contribution in [1.29, 1.82) is 0 Å². The van der Waals surface area contributed by atoms with Crippen LogP contribution in [-0.4, -0.2) is 48.3 Å². The molecule has 3 rings (SSSR count). The van der Waals surface area contributed by atoms with Crippen LogP contribution in [0.5, 0.6) is 5.75 Å². The Morgan fingerprint density at radius 1 is 0.967 bits per heavy atom. The van der Waals surface area contributed by atoms with Crippen LogP contribution in [0.2, 0.25) is 0 Å². The molecule has 0 aliphatic carbocycles. The molecule has 0 spiro atoms. The van der Waals surface area contributed by atoms with E-state index in [4.69, 9.17) is 4.74 Å². The Kier molecular flexibility index (Phi) is 6.15. The molecular formula is C22H23N3O5. The molecule has 5 amide bonds. The molecule has 30 heavy (non-hydrogen) atoms. The Labute approximate surface area is 174 Å². The minimum atomic E-state index is -1.04. The summed E-state index contributed by atoms with van der Waals surface area (Å²) in [4.78, 5) is 53.8. The predicted octanol–water partition coefficient (Wildman–Crippen LogP) is 2.74. The number of amides is 5. The van der Waals surface area contributed by atoms with Gasteiger partial charge in [0.15, 0.2) is 0 Å². The molecule has 2 aromatic carbocycles. The van der Waals surface area contributed by atoms with Crippen LogP contribution in [0.4, 0.5) is 16.2 Å². The largest absolute Gasteiger partial charge is 0.492 e. The summed E-state index contributed by atoms with van der Waals surface area (Å²) in [5.74, 6) is -2.21. The second-order valence-corrected chi connectivity index (χ2v) is 6.64. The van der Waals surface area contributed by atoms with E-state index in [1.807, 2.05) is 19.1 Å².